The smallest absolute Gasteiger partial charge is 0.164 e. The number of hydrogen-bond acceptors (Lipinski definition) is 4. The van der Waals surface area contributed by atoms with Crippen LogP contribution in [0.25, 0.3) is 6.08 Å². The maximum absolute atomic E-state index is 11.9. The first-order valence-corrected chi connectivity index (χ1v) is 9.63. The van der Waals surface area contributed by atoms with Gasteiger partial charge < -0.3 is 10.2 Å². The van der Waals surface area contributed by atoms with Crippen molar-refractivity contribution in [3.05, 3.63) is 29.3 Å². The molecule has 0 spiro atoms. The van der Waals surface area contributed by atoms with E-state index in [1.54, 1.807) is 6.08 Å². The molecule has 1 fully saturated rings. The van der Waals surface area contributed by atoms with Crippen LogP contribution in [0.2, 0.25) is 0 Å². The van der Waals surface area contributed by atoms with Gasteiger partial charge in [-0.05, 0) is 62.5 Å². The predicted octanol–water partition coefficient (Wildman–Crippen LogP) is 5.27. The lowest BCUT2D eigenvalue weighted by Crippen LogP contribution is -2.01. The Labute approximate surface area is 155 Å². The molecule has 0 heterocycles. The van der Waals surface area contributed by atoms with E-state index in [1.807, 2.05) is 6.08 Å². The molecule has 0 saturated heterocycles. The molecule has 4 nitrogen and oxygen atoms in total. The van der Waals surface area contributed by atoms with Gasteiger partial charge in [-0.3, -0.25) is 9.59 Å². The summed E-state index contributed by atoms with van der Waals surface area (Å²) in [6.45, 7) is 3.67. The van der Waals surface area contributed by atoms with Gasteiger partial charge in [-0.1, -0.05) is 25.5 Å². The maximum atomic E-state index is 11.9. The number of aromatic hydroxyl groups is 2. The molecule has 1 aliphatic rings. The van der Waals surface area contributed by atoms with Gasteiger partial charge in [0, 0.05) is 18.9 Å². The summed E-state index contributed by atoms with van der Waals surface area (Å²) in [5.41, 5.74) is 0.704. The number of benzene rings is 1. The standard InChI is InChI=1S/C22H30O4/c1-15(17-11-12-17)7-6-10-19(24)9-5-3-4-8-18-13-20(25)14-21(26)22(18)16(2)23/h4,8,13-15,17,25-26H,3,5-7,9-12H2,1-2H3/b8-4+/t15-/m0/s1. The van der Waals surface area contributed by atoms with Crippen LogP contribution in [-0.4, -0.2) is 21.8 Å². The zero-order chi connectivity index (χ0) is 19.1. The van der Waals surface area contributed by atoms with Crippen molar-refractivity contribution < 1.29 is 19.8 Å². The molecule has 1 aromatic carbocycles. The van der Waals surface area contributed by atoms with Crippen LogP contribution in [0.3, 0.4) is 0 Å². The molecule has 2 rings (SSSR count). The highest BCUT2D eigenvalue weighted by Gasteiger charge is 2.27. The van der Waals surface area contributed by atoms with E-state index in [0.717, 1.165) is 43.6 Å². The molecule has 0 amide bonds. The van der Waals surface area contributed by atoms with Gasteiger partial charge in [0.2, 0.25) is 0 Å². The van der Waals surface area contributed by atoms with Crippen molar-refractivity contribution in [1.29, 1.82) is 0 Å². The lowest BCUT2D eigenvalue weighted by Gasteiger charge is -2.08. The molecule has 2 N–H and O–H groups in total. The fourth-order valence-electron chi connectivity index (χ4n) is 3.42. The Bertz CT molecular complexity index is 671. The topological polar surface area (TPSA) is 74.6 Å². The highest BCUT2D eigenvalue weighted by molar-refractivity contribution is 6.00. The summed E-state index contributed by atoms with van der Waals surface area (Å²) in [6.07, 6.45) is 11.2. The number of phenols is 2. The van der Waals surface area contributed by atoms with E-state index in [9.17, 15) is 19.8 Å². The Kier molecular flexibility index (Phi) is 7.43. The van der Waals surface area contributed by atoms with E-state index in [1.165, 1.54) is 25.8 Å². The number of phenolic OH excluding ortho intramolecular Hbond substituents is 2. The van der Waals surface area contributed by atoms with E-state index in [-0.39, 0.29) is 22.8 Å². The van der Waals surface area contributed by atoms with Gasteiger partial charge >= 0.3 is 0 Å². The lowest BCUT2D eigenvalue weighted by atomic mass is 9.97. The molecule has 1 atom stereocenters. The largest absolute Gasteiger partial charge is 0.508 e. The van der Waals surface area contributed by atoms with Crippen molar-refractivity contribution in [1.82, 2.24) is 0 Å². The van der Waals surface area contributed by atoms with Gasteiger partial charge in [-0.2, -0.15) is 0 Å². The highest BCUT2D eigenvalue weighted by atomic mass is 16.3. The Balaban J connectivity index is 1.72. The van der Waals surface area contributed by atoms with E-state index in [2.05, 4.69) is 6.92 Å². The average Bonchev–Trinajstić information content (AvgIpc) is 3.38. The van der Waals surface area contributed by atoms with Crippen molar-refractivity contribution in [2.24, 2.45) is 11.8 Å². The van der Waals surface area contributed by atoms with Gasteiger partial charge in [0.05, 0.1) is 5.56 Å². The van der Waals surface area contributed by atoms with Crippen LogP contribution in [0.15, 0.2) is 18.2 Å². The molecule has 4 heteroatoms. The molecule has 0 radical (unpaired) electrons. The number of unbranched alkanes of at least 4 members (excludes halogenated alkanes) is 1. The molecule has 142 valence electrons. The molecule has 0 aromatic heterocycles. The number of hydrogen-bond donors (Lipinski definition) is 2. The van der Waals surface area contributed by atoms with E-state index in [0.29, 0.717) is 24.2 Å². The van der Waals surface area contributed by atoms with Crippen molar-refractivity contribution in [2.45, 2.75) is 65.2 Å². The molecule has 1 aliphatic carbocycles. The van der Waals surface area contributed by atoms with Crippen molar-refractivity contribution in [2.75, 3.05) is 0 Å². The van der Waals surface area contributed by atoms with Crippen LogP contribution in [0.5, 0.6) is 11.5 Å². The van der Waals surface area contributed by atoms with E-state index in [4.69, 9.17) is 0 Å². The summed E-state index contributed by atoms with van der Waals surface area (Å²) in [5.74, 6) is 1.45. The van der Waals surface area contributed by atoms with Gasteiger partial charge in [0.15, 0.2) is 5.78 Å². The third-order valence-electron chi connectivity index (χ3n) is 5.15. The first-order valence-electron chi connectivity index (χ1n) is 9.63. The molecule has 0 unspecified atom stereocenters. The van der Waals surface area contributed by atoms with Crippen LogP contribution in [0.1, 0.15) is 81.1 Å². The summed E-state index contributed by atoms with van der Waals surface area (Å²) < 4.78 is 0. The average molecular weight is 358 g/mol. The monoisotopic (exact) mass is 358 g/mol. The van der Waals surface area contributed by atoms with Gasteiger partial charge in [-0.25, -0.2) is 0 Å². The number of carbonyl (C=O) groups is 2. The number of ketones is 2. The summed E-state index contributed by atoms with van der Waals surface area (Å²) in [7, 11) is 0. The van der Waals surface area contributed by atoms with Crippen LogP contribution >= 0.6 is 0 Å². The SMILES string of the molecule is CC(=O)c1c(O)cc(O)cc1/C=C/CCCC(=O)CCC[C@H](C)C1CC1. The second-order valence-electron chi connectivity index (χ2n) is 7.53. The number of rotatable bonds is 11. The second-order valence-corrected chi connectivity index (χ2v) is 7.53. The summed E-state index contributed by atoms with van der Waals surface area (Å²) in [4.78, 5) is 23.6. The van der Waals surface area contributed by atoms with Gasteiger partial charge in [-0.15, -0.1) is 0 Å². The molecular weight excluding hydrogens is 328 g/mol. The van der Waals surface area contributed by atoms with Crippen molar-refractivity contribution in [3.8, 4) is 11.5 Å². The number of carbonyl (C=O) groups excluding carboxylic acids is 2. The highest BCUT2D eigenvalue weighted by Crippen LogP contribution is 2.38. The van der Waals surface area contributed by atoms with Crippen molar-refractivity contribution in [3.63, 3.8) is 0 Å². The fraction of sp³-hybridized carbons (Fsp3) is 0.545. The zero-order valence-corrected chi connectivity index (χ0v) is 15.8. The first kappa shape index (κ1) is 20.2. The van der Waals surface area contributed by atoms with E-state index < -0.39 is 0 Å². The third kappa shape index (κ3) is 6.32. The molecule has 26 heavy (non-hydrogen) atoms. The first-order chi connectivity index (χ1) is 12.4. The van der Waals surface area contributed by atoms with Crippen molar-refractivity contribution >= 4 is 17.6 Å². The number of allylic oxidation sites excluding steroid dienone is 1. The lowest BCUT2D eigenvalue weighted by molar-refractivity contribution is -0.119. The Morgan fingerprint density at radius 2 is 1.88 bits per heavy atom. The molecule has 0 aliphatic heterocycles. The summed E-state index contributed by atoms with van der Waals surface area (Å²) >= 11 is 0. The molecule has 1 aromatic rings. The summed E-state index contributed by atoms with van der Waals surface area (Å²) in [5, 5.41) is 19.4. The molecule has 0 bridgehead atoms. The molecule has 1 saturated carbocycles. The quantitative estimate of drug-likeness (QED) is 0.417. The molecular formula is C22H30O4. The van der Waals surface area contributed by atoms with E-state index >= 15 is 0 Å². The second kappa shape index (κ2) is 9.56. The van der Waals surface area contributed by atoms with Crippen LogP contribution in [0.4, 0.5) is 0 Å². The third-order valence-corrected chi connectivity index (χ3v) is 5.15. The summed E-state index contributed by atoms with van der Waals surface area (Å²) in [6, 6.07) is 2.62. The Morgan fingerprint density at radius 1 is 1.19 bits per heavy atom. The predicted molar refractivity (Wildman–Crippen MR) is 103 cm³/mol. The minimum absolute atomic E-state index is 0.0808. The van der Waals surface area contributed by atoms with Crippen LogP contribution in [-0.2, 0) is 4.79 Å². The van der Waals surface area contributed by atoms with Gasteiger partial charge in [0.1, 0.15) is 17.3 Å². The minimum atomic E-state index is -0.252. The zero-order valence-electron chi connectivity index (χ0n) is 15.8. The Morgan fingerprint density at radius 3 is 2.54 bits per heavy atom. The maximum Gasteiger partial charge on any atom is 0.164 e. The normalized spacial score (nSPS) is 15.3. The fourth-order valence-corrected chi connectivity index (χ4v) is 3.42. The van der Waals surface area contributed by atoms with Gasteiger partial charge in [0.25, 0.3) is 0 Å². The minimum Gasteiger partial charge on any atom is -0.508 e. The number of Topliss-reactive ketones (excluding diaryl/α,β-unsaturated/α-hetero) is 2. The van der Waals surface area contributed by atoms with Crippen LogP contribution < -0.4 is 0 Å². The van der Waals surface area contributed by atoms with Crippen LogP contribution in [0, 0.1) is 11.8 Å². The Hall–Kier alpha value is -2.10.